The van der Waals surface area contributed by atoms with E-state index in [1.54, 1.807) is 6.20 Å². The van der Waals surface area contributed by atoms with E-state index in [9.17, 15) is 4.79 Å². The molecular weight excluding hydrogens is 346 g/mol. The molecule has 3 heterocycles. The van der Waals surface area contributed by atoms with Gasteiger partial charge in [0.05, 0.1) is 18.4 Å². The van der Waals surface area contributed by atoms with Crippen LogP contribution in [0.3, 0.4) is 0 Å². The van der Waals surface area contributed by atoms with Crippen molar-refractivity contribution in [2.24, 2.45) is 0 Å². The van der Waals surface area contributed by atoms with E-state index in [0.717, 1.165) is 42.5 Å². The third kappa shape index (κ3) is 3.92. The SMILES string of the molecule is O=C1CCCCCN1Cc1nnc(SC2CCCC2)n1-c1cccnc1. The molecule has 0 radical (unpaired) electrons. The fourth-order valence-electron chi connectivity index (χ4n) is 3.76. The summed E-state index contributed by atoms with van der Waals surface area (Å²) in [5.74, 6) is 1.06. The lowest BCUT2D eigenvalue weighted by Crippen LogP contribution is -2.31. The second-order valence-electron chi connectivity index (χ2n) is 7.10. The zero-order valence-electron chi connectivity index (χ0n) is 15.0. The molecule has 138 valence electrons. The summed E-state index contributed by atoms with van der Waals surface area (Å²) in [5.41, 5.74) is 0.968. The monoisotopic (exact) mass is 371 g/mol. The zero-order chi connectivity index (χ0) is 17.8. The largest absolute Gasteiger partial charge is 0.335 e. The summed E-state index contributed by atoms with van der Waals surface area (Å²) in [4.78, 5) is 18.6. The molecule has 0 spiro atoms. The van der Waals surface area contributed by atoms with E-state index in [1.807, 2.05) is 35.0 Å². The van der Waals surface area contributed by atoms with E-state index in [1.165, 1.54) is 25.7 Å². The first kappa shape index (κ1) is 17.5. The van der Waals surface area contributed by atoms with Crippen LogP contribution in [0, 0.1) is 0 Å². The molecule has 2 fully saturated rings. The standard InChI is InChI=1S/C19H25N5OS/c25-18-10-2-1-5-12-23(18)14-17-21-22-19(26-16-8-3-4-9-16)24(17)15-7-6-11-20-13-15/h6-7,11,13,16H,1-5,8-10,12,14H2. The number of thioether (sulfide) groups is 1. The average Bonchev–Trinajstić information content (AvgIpc) is 3.26. The minimum absolute atomic E-state index is 0.230. The number of pyridine rings is 1. The molecule has 1 aliphatic carbocycles. The van der Waals surface area contributed by atoms with Crippen LogP contribution in [0.15, 0.2) is 29.7 Å². The summed E-state index contributed by atoms with van der Waals surface area (Å²) in [6.07, 6.45) is 12.5. The number of carbonyl (C=O) groups is 1. The number of nitrogens with zero attached hydrogens (tertiary/aromatic N) is 5. The van der Waals surface area contributed by atoms with Crippen molar-refractivity contribution in [3.8, 4) is 5.69 Å². The summed E-state index contributed by atoms with van der Waals surface area (Å²) < 4.78 is 2.09. The summed E-state index contributed by atoms with van der Waals surface area (Å²) in [6.45, 7) is 1.33. The number of amides is 1. The van der Waals surface area contributed by atoms with E-state index in [4.69, 9.17) is 0 Å². The maximum atomic E-state index is 12.4. The Bertz CT molecular complexity index is 742. The van der Waals surface area contributed by atoms with Crippen LogP contribution in [-0.2, 0) is 11.3 Å². The van der Waals surface area contributed by atoms with Gasteiger partial charge in [0.2, 0.25) is 5.91 Å². The van der Waals surface area contributed by atoms with E-state index in [-0.39, 0.29) is 5.91 Å². The van der Waals surface area contributed by atoms with Gasteiger partial charge in [-0.15, -0.1) is 10.2 Å². The summed E-state index contributed by atoms with van der Waals surface area (Å²) in [6, 6.07) is 3.96. The number of likely N-dealkylation sites (tertiary alicyclic amines) is 1. The molecule has 0 atom stereocenters. The van der Waals surface area contributed by atoms with Crippen LogP contribution in [0.2, 0.25) is 0 Å². The van der Waals surface area contributed by atoms with Crippen LogP contribution in [0.25, 0.3) is 5.69 Å². The van der Waals surface area contributed by atoms with Gasteiger partial charge in [0.15, 0.2) is 11.0 Å². The van der Waals surface area contributed by atoms with Crippen LogP contribution >= 0.6 is 11.8 Å². The highest BCUT2D eigenvalue weighted by atomic mass is 32.2. The second-order valence-corrected chi connectivity index (χ2v) is 8.36. The Morgan fingerprint density at radius 2 is 2.00 bits per heavy atom. The Morgan fingerprint density at radius 3 is 2.81 bits per heavy atom. The van der Waals surface area contributed by atoms with Gasteiger partial charge in [-0.25, -0.2) is 0 Å². The van der Waals surface area contributed by atoms with E-state index < -0.39 is 0 Å². The minimum Gasteiger partial charge on any atom is -0.335 e. The fraction of sp³-hybridized carbons (Fsp3) is 0.579. The highest BCUT2D eigenvalue weighted by molar-refractivity contribution is 7.99. The summed E-state index contributed by atoms with van der Waals surface area (Å²) >= 11 is 1.82. The number of hydrogen-bond acceptors (Lipinski definition) is 5. The number of aromatic nitrogens is 4. The van der Waals surface area contributed by atoms with Gasteiger partial charge in [-0.2, -0.15) is 0 Å². The molecule has 6 nitrogen and oxygen atoms in total. The predicted octanol–water partition coefficient (Wildman–Crippen LogP) is 3.60. The van der Waals surface area contributed by atoms with Gasteiger partial charge in [0, 0.05) is 24.4 Å². The van der Waals surface area contributed by atoms with Gasteiger partial charge in [-0.1, -0.05) is 31.0 Å². The molecular formula is C19H25N5OS. The van der Waals surface area contributed by atoms with Crippen molar-refractivity contribution in [1.82, 2.24) is 24.6 Å². The van der Waals surface area contributed by atoms with Gasteiger partial charge in [0.1, 0.15) is 0 Å². The van der Waals surface area contributed by atoms with Crippen molar-refractivity contribution in [3.63, 3.8) is 0 Å². The Balaban J connectivity index is 1.63. The van der Waals surface area contributed by atoms with Crippen LogP contribution in [0.4, 0.5) is 0 Å². The molecule has 2 aromatic rings. The first-order valence-electron chi connectivity index (χ1n) is 9.60. The lowest BCUT2D eigenvalue weighted by Gasteiger charge is -2.20. The fourth-order valence-corrected chi connectivity index (χ4v) is 5.03. The molecule has 2 aromatic heterocycles. The molecule has 1 aliphatic heterocycles. The maximum Gasteiger partial charge on any atom is 0.222 e. The molecule has 1 amide bonds. The highest BCUT2D eigenvalue weighted by Crippen LogP contribution is 2.35. The third-order valence-electron chi connectivity index (χ3n) is 5.18. The average molecular weight is 372 g/mol. The Kier molecular flexibility index (Phi) is 5.53. The normalized spacial score (nSPS) is 19.1. The van der Waals surface area contributed by atoms with Crippen molar-refractivity contribution in [2.75, 3.05) is 6.54 Å². The first-order chi connectivity index (χ1) is 12.8. The molecule has 26 heavy (non-hydrogen) atoms. The molecule has 7 heteroatoms. The van der Waals surface area contributed by atoms with Gasteiger partial charge in [-0.05, 0) is 37.8 Å². The van der Waals surface area contributed by atoms with Crippen molar-refractivity contribution >= 4 is 17.7 Å². The van der Waals surface area contributed by atoms with E-state index in [2.05, 4.69) is 19.7 Å². The van der Waals surface area contributed by atoms with Gasteiger partial charge in [0.25, 0.3) is 0 Å². The second kappa shape index (κ2) is 8.20. The molecule has 0 unspecified atom stereocenters. The Morgan fingerprint density at radius 1 is 1.12 bits per heavy atom. The van der Waals surface area contributed by atoms with Gasteiger partial charge >= 0.3 is 0 Å². The quantitative estimate of drug-likeness (QED) is 0.803. The molecule has 0 bridgehead atoms. The third-order valence-corrected chi connectivity index (χ3v) is 6.46. The molecule has 4 rings (SSSR count). The molecule has 0 aromatic carbocycles. The lowest BCUT2D eigenvalue weighted by atomic mass is 10.2. The maximum absolute atomic E-state index is 12.4. The van der Waals surface area contributed by atoms with Crippen molar-refractivity contribution in [3.05, 3.63) is 30.4 Å². The van der Waals surface area contributed by atoms with Crippen molar-refractivity contribution in [1.29, 1.82) is 0 Å². The molecule has 0 N–H and O–H groups in total. The van der Waals surface area contributed by atoms with Crippen LogP contribution < -0.4 is 0 Å². The minimum atomic E-state index is 0.230. The van der Waals surface area contributed by atoms with E-state index in [0.29, 0.717) is 18.2 Å². The smallest absolute Gasteiger partial charge is 0.222 e. The Labute approximate surface area is 158 Å². The van der Waals surface area contributed by atoms with Crippen LogP contribution in [-0.4, -0.2) is 42.4 Å². The number of hydrogen-bond donors (Lipinski definition) is 0. The molecule has 1 saturated heterocycles. The highest BCUT2D eigenvalue weighted by Gasteiger charge is 2.24. The lowest BCUT2D eigenvalue weighted by molar-refractivity contribution is -0.131. The number of carbonyl (C=O) groups excluding carboxylic acids is 1. The van der Waals surface area contributed by atoms with Gasteiger partial charge in [-0.3, -0.25) is 14.3 Å². The van der Waals surface area contributed by atoms with E-state index >= 15 is 0 Å². The zero-order valence-corrected chi connectivity index (χ0v) is 15.8. The Hall–Kier alpha value is -1.89. The topological polar surface area (TPSA) is 63.9 Å². The van der Waals surface area contributed by atoms with Crippen molar-refractivity contribution in [2.45, 2.75) is 68.3 Å². The first-order valence-corrected chi connectivity index (χ1v) is 10.5. The number of rotatable bonds is 5. The van der Waals surface area contributed by atoms with Crippen LogP contribution in [0.1, 0.15) is 57.2 Å². The van der Waals surface area contributed by atoms with Crippen LogP contribution in [0.5, 0.6) is 0 Å². The molecule has 2 aliphatic rings. The summed E-state index contributed by atoms with van der Waals surface area (Å²) in [7, 11) is 0. The molecule has 1 saturated carbocycles. The predicted molar refractivity (Wildman–Crippen MR) is 101 cm³/mol. The summed E-state index contributed by atoms with van der Waals surface area (Å²) in [5, 5.41) is 10.5. The van der Waals surface area contributed by atoms with Crippen molar-refractivity contribution < 1.29 is 4.79 Å². The van der Waals surface area contributed by atoms with Gasteiger partial charge < -0.3 is 4.90 Å².